The Balaban J connectivity index is 3.37. The summed E-state index contributed by atoms with van der Waals surface area (Å²) in [6, 6.07) is 0. The molecule has 0 atom stereocenters. The minimum Gasteiger partial charge on any atom is -0.370 e. The third-order valence-corrected chi connectivity index (χ3v) is 3.36. The highest BCUT2D eigenvalue weighted by molar-refractivity contribution is 5.16. The smallest absolute Gasteiger partial charge is 0.254 e. The fourth-order valence-corrected chi connectivity index (χ4v) is 1.83. The number of nitrogens with zero attached hydrogens (tertiary/aromatic N) is 1. The van der Waals surface area contributed by atoms with Crippen LogP contribution in [-0.2, 0) is 10.3 Å². The summed E-state index contributed by atoms with van der Waals surface area (Å²) in [4.78, 5) is 19.0. The lowest BCUT2D eigenvalue weighted by molar-refractivity contribution is -0.0294. The molecule has 0 saturated carbocycles. The van der Waals surface area contributed by atoms with Crippen LogP contribution in [-0.4, -0.2) is 17.1 Å². The van der Waals surface area contributed by atoms with Crippen molar-refractivity contribution < 1.29 is 4.74 Å². The van der Waals surface area contributed by atoms with Crippen molar-refractivity contribution in [3.8, 4) is 0 Å². The highest BCUT2D eigenvalue weighted by Crippen LogP contribution is 2.29. The van der Waals surface area contributed by atoms with Crippen molar-refractivity contribution in [2.45, 2.75) is 46.1 Å². The van der Waals surface area contributed by atoms with Gasteiger partial charge in [-0.2, -0.15) is 0 Å². The van der Waals surface area contributed by atoms with E-state index in [4.69, 9.17) is 4.74 Å². The van der Waals surface area contributed by atoms with Crippen molar-refractivity contribution in [1.29, 1.82) is 0 Å². The molecular formula is C12H20N2O2. The Bertz CT molecular complexity index is 411. The maximum atomic E-state index is 11.7. The molecular weight excluding hydrogens is 204 g/mol. The first-order valence-electron chi connectivity index (χ1n) is 5.64. The van der Waals surface area contributed by atoms with Crippen molar-refractivity contribution in [3.63, 3.8) is 0 Å². The van der Waals surface area contributed by atoms with Crippen LogP contribution in [0.3, 0.4) is 0 Å². The van der Waals surface area contributed by atoms with Gasteiger partial charge in [0.2, 0.25) is 0 Å². The lowest BCUT2D eigenvalue weighted by Crippen LogP contribution is -2.33. The van der Waals surface area contributed by atoms with E-state index in [1.54, 1.807) is 14.0 Å². The van der Waals surface area contributed by atoms with Gasteiger partial charge in [0, 0.05) is 18.4 Å². The van der Waals surface area contributed by atoms with Crippen molar-refractivity contribution in [2.24, 2.45) is 0 Å². The number of methoxy groups -OCH3 is 1. The fraction of sp³-hybridized carbons (Fsp3) is 0.667. The SMILES string of the molecule is CCC(CC)(OC)c1nc(C)c(C)c(=O)[nH]1. The molecule has 0 fully saturated rings. The van der Waals surface area contributed by atoms with Gasteiger partial charge in [0.1, 0.15) is 11.4 Å². The summed E-state index contributed by atoms with van der Waals surface area (Å²) in [6.45, 7) is 7.68. The normalized spacial score (nSPS) is 11.8. The highest BCUT2D eigenvalue weighted by atomic mass is 16.5. The number of nitrogens with one attached hydrogen (secondary N) is 1. The first-order valence-corrected chi connectivity index (χ1v) is 5.64. The van der Waals surface area contributed by atoms with Crippen LogP contribution >= 0.6 is 0 Å². The van der Waals surface area contributed by atoms with Gasteiger partial charge in [0.15, 0.2) is 0 Å². The largest absolute Gasteiger partial charge is 0.370 e. The van der Waals surface area contributed by atoms with Gasteiger partial charge in [-0.25, -0.2) is 4.98 Å². The van der Waals surface area contributed by atoms with Gasteiger partial charge in [0.25, 0.3) is 5.56 Å². The lowest BCUT2D eigenvalue weighted by Gasteiger charge is -2.29. The maximum absolute atomic E-state index is 11.7. The number of aryl methyl sites for hydroxylation is 1. The molecule has 1 aromatic rings. The van der Waals surface area contributed by atoms with Gasteiger partial charge in [-0.15, -0.1) is 0 Å². The van der Waals surface area contributed by atoms with Crippen LogP contribution in [0.4, 0.5) is 0 Å². The third kappa shape index (κ3) is 2.02. The van der Waals surface area contributed by atoms with Crippen molar-refractivity contribution in [2.75, 3.05) is 7.11 Å². The predicted octanol–water partition coefficient (Wildman–Crippen LogP) is 2.05. The molecule has 16 heavy (non-hydrogen) atoms. The third-order valence-electron chi connectivity index (χ3n) is 3.36. The van der Waals surface area contributed by atoms with E-state index in [2.05, 4.69) is 9.97 Å². The van der Waals surface area contributed by atoms with E-state index in [0.29, 0.717) is 11.4 Å². The van der Waals surface area contributed by atoms with Gasteiger partial charge >= 0.3 is 0 Å². The zero-order valence-electron chi connectivity index (χ0n) is 10.7. The molecule has 0 aliphatic heterocycles. The monoisotopic (exact) mass is 224 g/mol. The Labute approximate surface area is 96.1 Å². The average Bonchev–Trinajstić information content (AvgIpc) is 2.29. The van der Waals surface area contributed by atoms with E-state index < -0.39 is 5.60 Å². The van der Waals surface area contributed by atoms with E-state index in [0.717, 1.165) is 18.5 Å². The summed E-state index contributed by atoms with van der Waals surface area (Å²) < 4.78 is 5.54. The minimum atomic E-state index is -0.475. The number of hydrogen-bond acceptors (Lipinski definition) is 3. The van der Waals surface area contributed by atoms with Crippen LogP contribution in [0.15, 0.2) is 4.79 Å². The second-order valence-electron chi connectivity index (χ2n) is 4.03. The van der Waals surface area contributed by atoms with Crippen LogP contribution in [0.5, 0.6) is 0 Å². The molecule has 1 heterocycles. The molecule has 4 heteroatoms. The van der Waals surface area contributed by atoms with Crippen LogP contribution in [0.25, 0.3) is 0 Å². The van der Waals surface area contributed by atoms with Gasteiger partial charge in [-0.3, -0.25) is 4.79 Å². The molecule has 1 aromatic heterocycles. The number of H-pyrrole nitrogens is 1. The van der Waals surface area contributed by atoms with Gasteiger partial charge in [-0.1, -0.05) is 13.8 Å². The van der Waals surface area contributed by atoms with Crippen molar-refractivity contribution in [1.82, 2.24) is 9.97 Å². The van der Waals surface area contributed by atoms with E-state index in [-0.39, 0.29) is 5.56 Å². The first-order chi connectivity index (χ1) is 7.50. The van der Waals surface area contributed by atoms with E-state index in [9.17, 15) is 4.79 Å². The molecule has 0 saturated heterocycles. The minimum absolute atomic E-state index is 0.0779. The maximum Gasteiger partial charge on any atom is 0.254 e. The summed E-state index contributed by atoms with van der Waals surface area (Å²) in [5.74, 6) is 0.633. The standard InChI is InChI=1S/C12H20N2O2/c1-6-12(7-2,16-5)11-13-9(4)8(3)10(15)14-11/h6-7H2,1-5H3,(H,13,14,15). The number of aromatic amines is 1. The second kappa shape index (κ2) is 4.78. The molecule has 0 bridgehead atoms. The molecule has 0 aliphatic rings. The molecule has 0 aromatic carbocycles. The number of aromatic nitrogens is 2. The summed E-state index contributed by atoms with van der Waals surface area (Å²) in [6.07, 6.45) is 1.57. The first kappa shape index (κ1) is 12.9. The van der Waals surface area contributed by atoms with E-state index in [1.165, 1.54) is 0 Å². The summed E-state index contributed by atoms with van der Waals surface area (Å²) in [7, 11) is 1.65. The summed E-state index contributed by atoms with van der Waals surface area (Å²) in [5, 5.41) is 0. The topological polar surface area (TPSA) is 55.0 Å². The van der Waals surface area contributed by atoms with Gasteiger partial charge in [0.05, 0.1) is 0 Å². The van der Waals surface area contributed by atoms with Crippen LogP contribution in [0.2, 0.25) is 0 Å². The van der Waals surface area contributed by atoms with Crippen molar-refractivity contribution >= 4 is 0 Å². The number of rotatable bonds is 4. The van der Waals surface area contributed by atoms with E-state index >= 15 is 0 Å². The molecule has 1 N–H and O–H groups in total. The zero-order valence-corrected chi connectivity index (χ0v) is 10.7. The van der Waals surface area contributed by atoms with Crippen LogP contribution in [0.1, 0.15) is 43.8 Å². The highest BCUT2D eigenvalue weighted by Gasteiger charge is 2.31. The summed E-state index contributed by atoms with van der Waals surface area (Å²) in [5.41, 5.74) is 0.881. The van der Waals surface area contributed by atoms with Crippen LogP contribution < -0.4 is 5.56 Å². The quantitative estimate of drug-likeness (QED) is 0.851. The fourth-order valence-electron chi connectivity index (χ4n) is 1.83. The Morgan fingerprint density at radius 3 is 2.25 bits per heavy atom. The Morgan fingerprint density at radius 1 is 1.31 bits per heavy atom. The number of hydrogen-bond donors (Lipinski definition) is 1. The Kier molecular flexibility index (Phi) is 3.86. The molecule has 0 radical (unpaired) electrons. The molecule has 0 amide bonds. The van der Waals surface area contributed by atoms with Gasteiger partial charge < -0.3 is 9.72 Å². The predicted molar refractivity (Wildman–Crippen MR) is 63.6 cm³/mol. The molecule has 1 rings (SSSR count). The molecule has 0 unspecified atom stereocenters. The molecule has 4 nitrogen and oxygen atoms in total. The zero-order chi connectivity index (χ0) is 12.3. The Hall–Kier alpha value is -1.16. The molecule has 0 spiro atoms. The Morgan fingerprint density at radius 2 is 1.88 bits per heavy atom. The summed E-state index contributed by atoms with van der Waals surface area (Å²) >= 11 is 0. The van der Waals surface area contributed by atoms with Gasteiger partial charge in [-0.05, 0) is 26.7 Å². The molecule has 90 valence electrons. The van der Waals surface area contributed by atoms with Crippen LogP contribution in [0, 0.1) is 13.8 Å². The lowest BCUT2D eigenvalue weighted by atomic mass is 9.95. The number of ether oxygens (including phenoxy) is 1. The van der Waals surface area contributed by atoms with Crippen molar-refractivity contribution in [3.05, 3.63) is 27.4 Å². The second-order valence-corrected chi connectivity index (χ2v) is 4.03. The average molecular weight is 224 g/mol. The molecule has 0 aliphatic carbocycles. The van der Waals surface area contributed by atoms with E-state index in [1.807, 2.05) is 20.8 Å².